The van der Waals surface area contributed by atoms with E-state index in [0.717, 1.165) is 21.0 Å². The number of hydrogen-bond acceptors (Lipinski definition) is 7. The third-order valence-electron chi connectivity index (χ3n) is 5.65. The fraction of sp³-hybridized carbons (Fsp3) is 0.524. The minimum absolute atomic E-state index is 0.0377. The number of aliphatic hydroxyl groups is 1. The largest absolute Gasteiger partial charge is 0.435 e. The number of hydroxylamine groups is 2. The number of carbonyl (C=O) groups excluding carboxylic acids is 1. The van der Waals surface area contributed by atoms with Crippen molar-refractivity contribution in [1.29, 1.82) is 0 Å². The van der Waals surface area contributed by atoms with Crippen molar-refractivity contribution in [3.8, 4) is 0 Å². The van der Waals surface area contributed by atoms with Gasteiger partial charge in [0.1, 0.15) is 17.0 Å². The number of halogens is 3. The topological polar surface area (TPSA) is 122 Å². The Morgan fingerprint density at radius 1 is 1.40 bits per heavy atom. The fourth-order valence-electron chi connectivity index (χ4n) is 3.97. The van der Waals surface area contributed by atoms with Gasteiger partial charge in [-0.2, -0.15) is 18.3 Å². The van der Waals surface area contributed by atoms with E-state index in [-0.39, 0.29) is 38.7 Å². The normalized spacial score (nSPS) is 20.5. The van der Waals surface area contributed by atoms with E-state index in [4.69, 9.17) is 8.95 Å². The second-order valence-electron chi connectivity index (χ2n) is 8.93. The van der Waals surface area contributed by atoms with Crippen molar-refractivity contribution in [3.63, 3.8) is 0 Å². The molecule has 10 nitrogen and oxygen atoms in total. The summed E-state index contributed by atoms with van der Waals surface area (Å²) in [5.41, 5.74) is -5.73. The lowest BCUT2D eigenvalue weighted by Gasteiger charge is -2.17. The number of fused-ring (bicyclic) bond motifs is 1. The van der Waals surface area contributed by atoms with Gasteiger partial charge in [-0.15, -0.1) is 11.3 Å². The van der Waals surface area contributed by atoms with Crippen LogP contribution in [0.25, 0.3) is 10.2 Å². The van der Waals surface area contributed by atoms with Crippen molar-refractivity contribution >= 4 is 27.5 Å². The number of alkyl halides is 3. The molecule has 35 heavy (non-hydrogen) atoms. The third-order valence-corrected chi connectivity index (χ3v) is 6.84. The van der Waals surface area contributed by atoms with Gasteiger partial charge in [-0.05, 0) is 27.7 Å². The van der Waals surface area contributed by atoms with E-state index in [9.17, 15) is 32.7 Å². The Hall–Kier alpha value is -2.97. The van der Waals surface area contributed by atoms with Crippen LogP contribution in [0.5, 0.6) is 0 Å². The molecule has 0 aliphatic carbocycles. The van der Waals surface area contributed by atoms with Crippen LogP contribution in [0, 0.1) is 6.92 Å². The molecule has 1 aliphatic heterocycles. The van der Waals surface area contributed by atoms with Crippen LogP contribution in [0.15, 0.2) is 9.59 Å². The Bertz CT molecular complexity index is 1550. The molecule has 0 saturated carbocycles. The van der Waals surface area contributed by atoms with E-state index in [0.29, 0.717) is 0 Å². The molecule has 0 aromatic carbocycles. The zero-order chi connectivity index (χ0) is 28.5. The number of amides is 1. The van der Waals surface area contributed by atoms with Gasteiger partial charge < -0.3 is 5.11 Å². The number of hydrogen-bond donors (Lipinski definition) is 2. The number of nitrogens with zero attached hydrogens (tertiary/aromatic N) is 4. The summed E-state index contributed by atoms with van der Waals surface area (Å²) in [5.74, 6) is -0.970. The van der Waals surface area contributed by atoms with Gasteiger partial charge in [-0.1, -0.05) is 0 Å². The molecule has 1 saturated heterocycles. The number of rotatable bonds is 4. The predicted molar refractivity (Wildman–Crippen MR) is 120 cm³/mol. The Morgan fingerprint density at radius 3 is 2.63 bits per heavy atom. The highest BCUT2D eigenvalue weighted by Gasteiger charge is 2.41. The number of nitrogens with one attached hydrogen (secondary N) is 1. The van der Waals surface area contributed by atoms with Crippen molar-refractivity contribution in [2.24, 2.45) is 6.98 Å². The van der Waals surface area contributed by atoms with Crippen molar-refractivity contribution in [2.75, 3.05) is 13.2 Å². The first-order chi connectivity index (χ1) is 17.3. The van der Waals surface area contributed by atoms with Crippen LogP contribution in [0.3, 0.4) is 0 Å². The molecule has 0 bridgehead atoms. The quantitative estimate of drug-likeness (QED) is 0.546. The van der Waals surface area contributed by atoms with Crippen LogP contribution >= 0.6 is 11.3 Å². The molecule has 1 atom stereocenters. The number of carbonyl (C=O) groups is 1. The average molecular weight is 519 g/mol. The van der Waals surface area contributed by atoms with Crippen molar-refractivity contribution in [1.82, 2.24) is 24.4 Å². The van der Waals surface area contributed by atoms with E-state index < -0.39 is 65.0 Å². The fourth-order valence-corrected chi connectivity index (χ4v) is 5.39. The van der Waals surface area contributed by atoms with Crippen LogP contribution < -0.4 is 11.2 Å². The molecule has 4 rings (SSSR count). The lowest BCUT2D eigenvalue weighted by molar-refractivity contribution is -0.141. The first-order valence-electron chi connectivity index (χ1n) is 12.0. The summed E-state index contributed by atoms with van der Waals surface area (Å²) in [4.78, 5) is 45.5. The predicted octanol–water partition coefficient (Wildman–Crippen LogP) is 2.12. The van der Waals surface area contributed by atoms with Crippen LogP contribution in [-0.4, -0.2) is 54.2 Å². The zero-order valence-electron chi connectivity index (χ0n) is 22.1. The first-order valence-corrected chi connectivity index (χ1v) is 11.3. The van der Waals surface area contributed by atoms with Crippen LogP contribution in [0.4, 0.5) is 13.2 Å². The van der Waals surface area contributed by atoms with E-state index >= 15 is 0 Å². The first kappa shape index (κ1) is 21.3. The number of aromatic nitrogens is 4. The number of β-amino-alcohol motifs (C(OH)–C–C–N with tert-alkyl or cyclic N) is 1. The van der Waals surface area contributed by atoms with Crippen LogP contribution in [-0.2, 0) is 24.4 Å². The Kier molecular flexibility index (Phi) is 5.06. The number of thiophene rings is 1. The molecule has 190 valence electrons. The highest BCUT2D eigenvalue weighted by atomic mass is 32.1. The molecule has 4 heterocycles. The lowest BCUT2D eigenvalue weighted by atomic mass is 10.0. The summed E-state index contributed by atoms with van der Waals surface area (Å²) < 4.78 is 65.3. The molecule has 1 fully saturated rings. The summed E-state index contributed by atoms with van der Waals surface area (Å²) in [5, 5.41) is 16.2. The second-order valence-corrected chi connectivity index (χ2v) is 10.0. The molecule has 0 unspecified atom stereocenters. The van der Waals surface area contributed by atoms with Gasteiger partial charge in [0.05, 0.1) is 17.5 Å². The van der Waals surface area contributed by atoms with Gasteiger partial charge >= 0.3 is 11.9 Å². The highest BCUT2D eigenvalue weighted by Crippen LogP contribution is 2.37. The lowest BCUT2D eigenvalue weighted by Crippen LogP contribution is -2.39. The number of aryl methyl sites for hydroxylation is 1. The molecule has 3 aromatic rings. The molecule has 0 spiro atoms. The standard InChI is InChI=1S/C21H24F3N5O5S/c1-9(2)29-18-14(16(30)27(5)19(29)32)13(17(31)28-7-20(4,33)8-34-28)12(35-18)6-11-10(3)25-26-15(11)21(22,23)24/h9,33H,6-8H2,1-5H3,(H,25,26)/t20-/m0/s1/i5D3. The molecule has 1 aliphatic rings. The highest BCUT2D eigenvalue weighted by molar-refractivity contribution is 7.19. The SMILES string of the molecule is [2H]C([2H])([2H])n1c(=O)c2c(C(=O)N3C[C@](C)(O)CO3)c(Cc3c(C(F)(F)F)n[nH]c3C)sc2n(C(C)C)c1=O. The van der Waals surface area contributed by atoms with E-state index in [1.807, 2.05) is 0 Å². The smallest absolute Gasteiger partial charge is 0.386 e. The molecular weight excluding hydrogens is 491 g/mol. The Labute approximate surface area is 204 Å². The van der Waals surface area contributed by atoms with Crippen molar-refractivity contribution in [2.45, 2.75) is 51.9 Å². The van der Waals surface area contributed by atoms with Gasteiger partial charge in [-0.25, -0.2) is 9.86 Å². The summed E-state index contributed by atoms with van der Waals surface area (Å²) >= 11 is 0.731. The summed E-state index contributed by atoms with van der Waals surface area (Å²) in [7, 11) is 0. The maximum absolute atomic E-state index is 13.7. The minimum atomic E-state index is -4.83. The molecule has 3 aromatic heterocycles. The monoisotopic (exact) mass is 518 g/mol. The van der Waals surface area contributed by atoms with Gasteiger partial charge in [0, 0.05) is 39.7 Å². The Balaban J connectivity index is 2.09. The Morgan fingerprint density at radius 2 is 2.09 bits per heavy atom. The van der Waals surface area contributed by atoms with E-state index in [2.05, 4.69) is 10.2 Å². The maximum atomic E-state index is 13.7. The average Bonchev–Trinajstić information content (AvgIpc) is 3.41. The minimum Gasteiger partial charge on any atom is -0.386 e. The van der Waals surface area contributed by atoms with Gasteiger partial charge in [0.2, 0.25) is 0 Å². The maximum Gasteiger partial charge on any atom is 0.435 e. The summed E-state index contributed by atoms with van der Waals surface area (Å²) in [6.07, 6.45) is -5.34. The number of H-pyrrole nitrogens is 1. The molecule has 14 heteroatoms. The molecule has 1 amide bonds. The van der Waals surface area contributed by atoms with Gasteiger partial charge in [0.15, 0.2) is 5.69 Å². The summed E-state index contributed by atoms with van der Waals surface area (Å²) in [6.45, 7) is 2.07. The van der Waals surface area contributed by atoms with Crippen molar-refractivity contribution < 1.29 is 32.0 Å². The van der Waals surface area contributed by atoms with E-state index in [1.54, 1.807) is 13.8 Å². The zero-order valence-corrected chi connectivity index (χ0v) is 19.9. The van der Waals surface area contributed by atoms with Gasteiger partial charge in [0.25, 0.3) is 11.5 Å². The number of aromatic amines is 1. The third kappa shape index (κ3) is 4.19. The van der Waals surface area contributed by atoms with Crippen molar-refractivity contribution in [3.05, 3.63) is 48.2 Å². The molecular formula is C21H24F3N5O5S. The summed E-state index contributed by atoms with van der Waals surface area (Å²) in [6, 6.07) is -0.682. The van der Waals surface area contributed by atoms with E-state index in [1.165, 1.54) is 13.8 Å². The van der Waals surface area contributed by atoms with Gasteiger partial charge in [-0.3, -0.25) is 28.7 Å². The van der Waals surface area contributed by atoms with Crippen LogP contribution in [0.2, 0.25) is 0 Å². The molecule has 2 N–H and O–H groups in total. The van der Waals surface area contributed by atoms with Crippen LogP contribution in [0.1, 0.15) is 63.1 Å². The molecule has 0 radical (unpaired) electrons. The second kappa shape index (κ2) is 8.31.